The van der Waals surface area contributed by atoms with E-state index in [2.05, 4.69) is 25.6 Å². The summed E-state index contributed by atoms with van der Waals surface area (Å²) in [5.41, 5.74) is 8.16. The molecule has 2 rings (SSSR count). The van der Waals surface area contributed by atoms with Crippen molar-refractivity contribution in [2.45, 2.75) is 0 Å². The van der Waals surface area contributed by atoms with Crippen molar-refractivity contribution in [1.82, 2.24) is 20.2 Å². The zero-order valence-corrected chi connectivity index (χ0v) is 7.81. The highest BCUT2D eigenvalue weighted by Crippen LogP contribution is 2.20. The van der Waals surface area contributed by atoms with Crippen LogP contribution in [0.25, 0.3) is 11.0 Å². The molecule has 4 N–H and O–H groups in total. The highest BCUT2D eigenvalue weighted by molar-refractivity contribution is 6.06. The number of nitrogens with two attached hydrogens (primary N) is 1. The highest BCUT2D eigenvalue weighted by Gasteiger charge is 2.15. The third-order valence-corrected chi connectivity index (χ3v) is 1.80. The number of rotatable bonds is 3. The van der Waals surface area contributed by atoms with Gasteiger partial charge >= 0.3 is 0 Å². The van der Waals surface area contributed by atoms with Gasteiger partial charge in [0.15, 0.2) is 11.5 Å². The Bertz CT molecular complexity index is 507. The number of hydrogen-bond donors (Lipinski definition) is 3. The molecule has 15 heavy (non-hydrogen) atoms. The molecular formula is C7H8N6O2. The number of aromatic amines is 1. The molecule has 2 aromatic heterocycles. The number of nitrogens with one attached hydrogen (secondary N) is 2. The Morgan fingerprint density at radius 3 is 3.07 bits per heavy atom. The Balaban J connectivity index is 2.69. The van der Waals surface area contributed by atoms with Crippen LogP contribution in [0, 0.1) is 0 Å². The Morgan fingerprint density at radius 2 is 2.40 bits per heavy atom. The molecule has 0 saturated heterocycles. The summed E-state index contributed by atoms with van der Waals surface area (Å²) in [6.45, 7) is 0. The average molecular weight is 208 g/mol. The zero-order chi connectivity index (χ0) is 10.8. The molecule has 0 aliphatic rings. The van der Waals surface area contributed by atoms with Crippen LogP contribution in [0.1, 0.15) is 10.5 Å². The number of carbonyl (C=O) groups is 1. The van der Waals surface area contributed by atoms with Crippen LogP contribution in [0.3, 0.4) is 0 Å². The van der Waals surface area contributed by atoms with E-state index in [9.17, 15) is 4.79 Å². The molecule has 2 heterocycles. The fourth-order valence-corrected chi connectivity index (χ4v) is 1.21. The van der Waals surface area contributed by atoms with Crippen molar-refractivity contribution in [3.8, 4) is 0 Å². The summed E-state index contributed by atoms with van der Waals surface area (Å²) in [7, 11) is 1.43. The van der Waals surface area contributed by atoms with Crippen LogP contribution in [-0.2, 0) is 4.84 Å². The van der Waals surface area contributed by atoms with Crippen molar-refractivity contribution >= 4 is 22.8 Å². The van der Waals surface area contributed by atoms with E-state index in [1.165, 1.54) is 13.4 Å². The van der Waals surface area contributed by atoms with Gasteiger partial charge in [0.25, 0.3) is 5.91 Å². The Labute approximate surface area is 83.8 Å². The van der Waals surface area contributed by atoms with Crippen LogP contribution in [0.4, 0.5) is 5.82 Å². The number of hydrogen-bond acceptors (Lipinski definition) is 6. The van der Waals surface area contributed by atoms with Gasteiger partial charge in [-0.3, -0.25) is 14.7 Å². The molecule has 0 aromatic carbocycles. The minimum absolute atomic E-state index is 0.144. The SMILES string of the molecule is CONc1ncnc2n[nH]c(C(N)=O)c12. The average Bonchev–Trinajstić information content (AvgIpc) is 2.62. The van der Waals surface area contributed by atoms with Crippen LogP contribution in [0.15, 0.2) is 6.33 Å². The number of H-pyrrole nitrogens is 1. The third-order valence-electron chi connectivity index (χ3n) is 1.80. The van der Waals surface area contributed by atoms with Gasteiger partial charge in [0, 0.05) is 0 Å². The Hall–Kier alpha value is -2.22. The number of amides is 1. The van der Waals surface area contributed by atoms with Gasteiger partial charge in [-0.1, -0.05) is 0 Å². The topological polar surface area (TPSA) is 119 Å². The van der Waals surface area contributed by atoms with E-state index in [4.69, 9.17) is 10.6 Å². The predicted molar refractivity (Wildman–Crippen MR) is 50.8 cm³/mol. The van der Waals surface area contributed by atoms with Crippen LogP contribution in [0.2, 0.25) is 0 Å². The molecule has 0 bridgehead atoms. The van der Waals surface area contributed by atoms with Crippen molar-refractivity contribution in [3.05, 3.63) is 12.0 Å². The fourth-order valence-electron chi connectivity index (χ4n) is 1.21. The number of nitrogens with zero attached hydrogens (tertiary/aromatic N) is 3. The summed E-state index contributed by atoms with van der Waals surface area (Å²) in [5.74, 6) is -0.295. The largest absolute Gasteiger partial charge is 0.364 e. The Kier molecular flexibility index (Phi) is 2.18. The lowest BCUT2D eigenvalue weighted by molar-refractivity contribution is 0.0997. The maximum Gasteiger partial charge on any atom is 0.267 e. The molecule has 0 unspecified atom stereocenters. The first kappa shape index (κ1) is 9.34. The molecule has 1 amide bonds. The zero-order valence-electron chi connectivity index (χ0n) is 7.81. The number of fused-ring (bicyclic) bond motifs is 1. The number of carbonyl (C=O) groups excluding carboxylic acids is 1. The molecule has 0 aliphatic carbocycles. The number of primary amides is 1. The summed E-state index contributed by atoms with van der Waals surface area (Å²) >= 11 is 0. The van der Waals surface area contributed by atoms with E-state index in [1.54, 1.807) is 0 Å². The van der Waals surface area contributed by atoms with Gasteiger partial charge in [-0.25, -0.2) is 15.4 Å². The summed E-state index contributed by atoms with van der Waals surface area (Å²) < 4.78 is 0. The summed E-state index contributed by atoms with van der Waals surface area (Å²) in [4.78, 5) is 23.5. The quantitative estimate of drug-likeness (QED) is 0.581. The predicted octanol–water partition coefficient (Wildman–Crippen LogP) is -0.575. The van der Waals surface area contributed by atoms with Crippen LogP contribution in [-0.4, -0.2) is 33.2 Å². The molecule has 0 fully saturated rings. The van der Waals surface area contributed by atoms with E-state index < -0.39 is 5.91 Å². The molecule has 0 radical (unpaired) electrons. The monoisotopic (exact) mass is 208 g/mol. The number of aromatic nitrogens is 4. The fraction of sp³-hybridized carbons (Fsp3) is 0.143. The maximum atomic E-state index is 11.1. The summed E-state index contributed by atoms with van der Waals surface area (Å²) in [6.07, 6.45) is 1.30. The highest BCUT2D eigenvalue weighted by atomic mass is 16.6. The summed E-state index contributed by atoms with van der Waals surface area (Å²) in [6, 6.07) is 0. The van der Waals surface area contributed by atoms with Gasteiger partial charge in [-0.05, 0) is 0 Å². The third kappa shape index (κ3) is 1.46. The van der Waals surface area contributed by atoms with Crippen molar-refractivity contribution in [2.75, 3.05) is 12.6 Å². The molecule has 78 valence electrons. The normalized spacial score (nSPS) is 10.5. The van der Waals surface area contributed by atoms with Gasteiger partial charge < -0.3 is 5.73 Å². The molecule has 0 spiro atoms. The number of anilines is 1. The van der Waals surface area contributed by atoms with Gasteiger partial charge in [0.05, 0.1) is 12.5 Å². The molecule has 2 aromatic rings. The van der Waals surface area contributed by atoms with Gasteiger partial charge in [-0.2, -0.15) is 5.10 Å². The first-order valence-electron chi connectivity index (χ1n) is 4.02. The van der Waals surface area contributed by atoms with E-state index >= 15 is 0 Å². The van der Waals surface area contributed by atoms with Gasteiger partial charge in [-0.15, -0.1) is 0 Å². The first-order chi connectivity index (χ1) is 7.24. The van der Waals surface area contributed by atoms with Crippen LogP contribution >= 0.6 is 0 Å². The smallest absolute Gasteiger partial charge is 0.267 e. The van der Waals surface area contributed by atoms with E-state index in [0.717, 1.165) is 0 Å². The van der Waals surface area contributed by atoms with Gasteiger partial charge in [0.2, 0.25) is 0 Å². The van der Waals surface area contributed by atoms with E-state index in [1.807, 2.05) is 0 Å². The second-order valence-electron chi connectivity index (χ2n) is 2.69. The molecule has 8 heteroatoms. The Morgan fingerprint density at radius 1 is 1.60 bits per heavy atom. The lowest BCUT2D eigenvalue weighted by atomic mass is 10.3. The van der Waals surface area contributed by atoms with Crippen LogP contribution in [0.5, 0.6) is 0 Å². The molecule has 0 saturated carbocycles. The van der Waals surface area contributed by atoms with Crippen molar-refractivity contribution in [3.63, 3.8) is 0 Å². The first-order valence-corrected chi connectivity index (χ1v) is 4.02. The lowest BCUT2D eigenvalue weighted by Gasteiger charge is -2.02. The second-order valence-corrected chi connectivity index (χ2v) is 2.69. The van der Waals surface area contributed by atoms with E-state index in [-0.39, 0.29) is 5.69 Å². The van der Waals surface area contributed by atoms with Gasteiger partial charge in [0.1, 0.15) is 12.0 Å². The minimum atomic E-state index is -0.633. The molecule has 8 nitrogen and oxygen atoms in total. The molecule has 0 aliphatic heterocycles. The standard InChI is InChI=1S/C7H8N6O2/c1-15-13-7-3-4(5(8)14)11-12-6(3)9-2-10-7/h2H,1H3,(H2,8,14)(H2,9,10,11,12,13). The second kappa shape index (κ2) is 3.50. The van der Waals surface area contributed by atoms with Crippen molar-refractivity contribution < 1.29 is 9.63 Å². The molecular weight excluding hydrogens is 200 g/mol. The maximum absolute atomic E-state index is 11.1. The minimum Gasteiger partial charge on any atom is -0.364 e. The van der Waals surface area contributed by atoms with Crippen LogP contribution < -0.4 is 11.2 Å². The lowest BCUT2D eigenvalue weighted by Crippen LogP contribution is -2.12. The van der Waals surface area contributed by atoms with Crippen molar-refractivity contribution in [1.29, 1.82) is 0 Å². The van der Waals surface area contributed by atoms with E-state index in [0.29, 0.717) is 16.9 Å². The molecule has 0 atom stereocenters. The summed E-state index contributed by atoms with van der Waals surface area (Å²) in [5, 5.41) is 6.71. The van der Waals surface area contributed by atoms with Crippen molar-refractivity contribution in [2.24, 2.45) is 5.73 Å².